The Labute approximate surface area is 305 Å². The van der Waals surface area contributed by atoms with E-state index in [2.05, 4.69) is 163 Å². The molecule has 4 aromatic carbocycles. The van der Waals surface area contributed by atoms with Gasteiger partial charge in [-0.2, -0.15) is 4.57 Å². The Bertz CT molecular complexity index is 2370. The van der Waals surface area contributed by atoms with E-state index in [1.807, 2.05) is 10.6 Å². The van der Waals surface area contributed by atoms with Crippen molar-refractivity contribution < 1.29 is 4.57 Å². The van der Waals surface area contributed by atoms with Gasteiger partial charge < -0.3 is 4.90 Å². The van der Waals surface area contributed by atoms with Gasteiger partial charge in [0.1, 0.15) is 16.1 Å². The van der Waals surface area contributed by atoms with E-state index in [0.717, 1.165) is 27.8 Å². The molecule has 3 heterocycles. The Kier molecular flexibility index (Phi) is 10.3. The van der Waals surface area contributed by atoms with E-state index in [1.54, 1.807) is 29.2 Å². The summed E-state index contributed by atoms with van der Waals surface area (Å²) in [7, 11) is 0. The minimum atomic E-state index is -0.00487. The molecule has 248 valence electrons. The number of allylic oxidation sites excluding steroid dienone is 2. The average Bonchev–Trinajstić information content (AvgIpc) is 3.83. The van der Waals surface area contributed by atoms with Crippen LogP contribution in [0.15, 0.2) is 150 Å². The summed E-state index contributed by atoms with van der Waals surface area (Å²) in [5, 5.41) is 2.20. The van der Waals surface area contributed by atoms with Gasteiger partial charge in [-0.3, -0.25) is 9.36 Å². The standard InChI is InChI=1S/C43H38N3OS3/c1-4-29-46-38(30-37-45(6-3)40(32-21-13-8-14-22-32)42(50-37)34-25-17-10-18-26-34)48-35(43(46)47)27-28-36-44(5-2)39(31-19-11-7-12-20-31)41(49-36)33-23-15-9-16-24-33/h4,7-28,30H,1,5-6,29H2,2-3H3/q+1/b35-27+,36-28?. The molecule has 7 rings (SSSR count). The monoisotopic (exact) mass is 708 g/mol. The third-order valence-electron chi connectivity index (χ3n) is 8.59. The fourth-order valence-corrected chi connectivity index (χ4v) is 9.90. The largest absolute Gasteiger partial charge is 0.335 e. The molecule has 0 fully saturated rings. The van der Waals surface area contributed by atoms with E-state index in [0.29, 0.717) is 11.1 Å². The number of aromatic nitrogens is 2. The molecular weight excluding hydrogens is 671 g/mol. The molecule has 0 aliphatic carbocycles. The van der Waals surface area contributed by atoms with Gasteiger partial charge in [-0.15, -0.1) is 17.9 Å². The Balaban J connectivity index is 1.36. The van der Waals surface area contributed by atoms with Gasteiger partial charge >= 0.3 is 0 Å². The summed E-state index contributed by atoms with van der Waals surface area (Å²) in [6, 6.07) is 42.3. The topological polar surface area (TPSA) is 29.1 Å². The Morgan fingerprint density at radius 2 is 1.30 bits per heavy atom. The van der Waals surface area contributed by atoms with Crippen LogP contribution in [0.25, 0.3) is 44.5 Å². The van der Waals surface area contributed by atoms with Crippen LogP contribution in [0.1, 0.15) is 30.0 Å². The molecule has 1 aliphatic heterocycles. The lowest BCUT2D eigenvalue weighted by Crippen LogP contribution is -2.37. The summed E-state index contributed by atoms with van der Waals surface area (Å²) in [6.07, 6.45) is 8.09. The van der Waals surface area contributed by atoms with Gasteiger partial charge in [0.25, 0.3) is 10.6 Å². The minimum absolute atomic E-state index is 0.00487. The van der Waals surface area contributed by atoms with Crippen molar-refractivity contribution in [3.8, 4) is 21.7 Å². The van der Waals surface area contributed by atoms with Crippen molar-refractivity contribution in [2.45, 2.75) is 26.9 Å². The number of hydrogen-bond donors (Lipinski definition) is 0. The highest BCUT2D eigenvalue weighted by atomic mass is 32.2. The van der Waals surface area contributed by atoms with Crippen LogP contribution in [0.5, 0.6) is 0 Å². The molecule has 0 N–H and O–H groups in total. The molecule has 0 radical (unpaired) electrons. The van der Waals surface area contributed by atoms with Gasteiger partial charge in [0.15, 0.2) is 0 Å². The third kappa shape index (κ3) is 6.64. The van der Waals surface area contributed by atoms with Crippen molar-refractivity contribution in [3.63, 3.8) is 0 Å². The maximum absolute atomic E-state index is 14.0. The summed E-state index contributed by atoms with van der Waals surface area (Å²) < 4.78 is 5.81. The van der Waals surface area contributed by atoms with Gasteiger partial charge in [0, 0.05) is 23.6 Å². The smallest absolute Gasteiger partial charge is 0.269 e. The van der Waals surface area contributed by atoms with Crippen molar-refractivity contribution in [1.82, 2.24) is 9.47 Å². The van der Waals surface area contributed by atoms with E-state index in [1.165, 1.54) is 54.8 Å². The molecule has 0 bridgehead atoms. The summed E-state index contributed by atoms with van der Waals surface area (Å²) in [5.74, 6) is 0. The zero-order valence-electron chi connectivity index (χ0n) is 28.2. The first-order chi connectivity index (χ1) is 24.6. The molecule has 50 heavy (non-hydrogen) atoms. The zero-order valence-corrected chi connectivity index (χ0v) is 30.6. The molecule has 2 aromatic heterocycles. The van der Waals surface area contributed by atoms with E-state index in [9.17, 15) is 4.79 Å². The van der Waals surface area contributed by atoms with Crippen LogP contribution in [0.3, 0.4) is 0 Å². The molecule has 0 amide bonds. The lowest BCUT2D eigenvalue weighted by molar-refractivity contribution is -0.679. The number of nitrogens with zero attached hydrogens (tertiary/aromatic N) is 3. The highest BCUT2D eigenvalue weighted by Crippen LogP contribution is 2.50. The first-order valence-electron chi connectivity index (χ1n) is 16.8. The Hall–Kier alpha value is -4.95. The SMILES string of the molecule is C=CCn1c(=Cc2sc(-c3ccccc3)c(-c3ccccc3)[n+]2CC)s/c(=C/C=C2SC(c3ccccc3)=C(c3ccccc3)N2CC)c1=O. The number of thiazole rings is 2. The zero-order chi connectivity index (χ0) is 34.5. The quantitative estimate of drug-likeness (QED) is 0.105. The second-order valence-corrected chi connectivity index (χ2v) is 14.8. The van der Waals surface area contributed by atoms with Gasteiger partial charge in [-0.05, 0) is 54.8 Å². The minimum Gasteiger partial charge on any atom is -0.335 e. The molecule has 6 aromatic rings. The summed E-state index contributed by atoms with van der Waals surface area (Å²) in [5.41, 5.74) is 7.09. The van der Waals surface area contributed by atoms with E-state index in [4.69, 9.17) is 0 Å². The second kappa shape index (κ2) is 15.3. The van der Waals surface area contributed by atoms with Crippen LogP contribution in [0.2, 0.25) is 0 Å². The van der Waals surface area contributed by atoms with Gasteiger partial charge in [0.05, 0.1) is 21.3 Å². The summed E-state index contributed by atoms with van der Waals surface area (Å²) in [4.78, 5) is 18.8. The lowest BCUT2D eigenvalue weighted by atomic mass is 10.1. The van der Waals surface area contributed by atoms with E-state index >= 15 is 0 Å². The van der Waals surface area contributed by atoms with Crippen molar-refractivity contribution >= 4 is 57.2 Å². The second-order valence-electron chi connectivity index (χ2n) is 11.7. The highest BCUT2D eigenvalue weighted by Gasteiger charge is 2.29. The predicted octanol–water partition coefficient (Wildman–Crippen LogP) is 8.84. The molecule has 0 atom stereocenters. The first kappa shape index (κ1) is 33.5. The molecule has 0 saturated heterocycles. The Morgan fingerprint density at radius 1 is 0.720 bits per heavy atom. The van der Waals surface area contributed by atoms with Crippen molar-refractivity contribution in [3.05, 3.63) is 181 Å². The van der Waals surface area contributed by atoms with Crippen molar-refractivity contribution in [2.24, 2.45) is 0 Å². The van der Waals surface area contributed by atoms with Crippen molar-refractivity contribution in [1.29, 1.82) is 0 Å². The van der Waals surface area contributed by atoms with E-state index in [-0.39, 0.29) is 5.56 Å². The van der Waals surface area contributed by atoms with Crippen LogP contribution in [0.4, 0.5) is 0 Å². The first-order valence-corrected chi connectivity index (χ1v) is 19.3. The highest BCUT2D eigenvalue weighted by molar-refractivity contribution is 8.12. The van der Waals surface area contributed by atoms with Gasteiger partial charge in [0.2, 0.25) is 5.69 Å². The fourth-order valence-electron chi connectivity index (χ4n) is 6.29. The maximum Gasteiger partial charge on any atom is 0.269 e. The third-order valence-corrected chi connectivity index (χ3v) is 12.0. The van der Waals surface area contributed by atoms with Gasteiger partial charge in [-0.25, -0.2) is 0 Å². The number of benzene rings is 4. The molecule has 0 unspecified atom stereocenters. The molecule has 0 saturated carbocycles. The molecular formula is C43H38N3OS3+. The van der Waals surface area contributed by atoms with E-state index < -0.39 is 0 Å². The lowest BCUT2D eigenvalue weighted by Gasteiger charge is -2.21. The summed E-state index contributed by atoms with van der Waals surface area (Å²) >= 11 is 5.06. The van der Waals surface area contributed by atoms with Crippen LogP contribution in [0, 0.1) is 0 Å². The van der Waals surface area contributed by atoms with Gasteiger partial charge in [-0.1, -0.05) is 138 Å². The van der Waals surface area contributed by atoms with Crippen LogP contribution < -0.4 is 19.3 Å². The fraction of sp³-hybridized carbons (Fsp3) is 0.116. The number of hydrogen-bond acceptors (Lipinski definition) is 5. The van der Waals surface area contributed by atoms with Crippen LogP contribution >= 0.6 is 34.4 Å². The Morgan fingerprint density at radius 3 is 1.88 bits per heavy atom. The molecule has 4 nitrogen and oxygen atoms in total. The molecule has 1 aliphatic rings. The molecule has 7 heteroatoms. The number of thioether (sulfide) groups is 1. The normalized spacial score (nSPS) is 14.7. The van der Waals surface area contributed by atoms with Crippen molar-refractivity contribution in [2.75, 3.05) is 6.54 Å². The molecule has 0 spiro atoms. The average molecular weight is 709 g/mol. The van der Waals surface area contributed by atoms with Crippen LogP contribution in [-0.2, 0) is 13.1 Å². The predicted molar refractivity (Wildman–Crippen MR) is 215 cm³/mol. The number of rotatable bonds is 10. The maximum atomic E-state index is 14.0. The summed E-state index contributed by atoms with van der Waals surface area (Å²) in [6.45, 7) is 10.4. The van der Waals surface area contributed by atoms with Crippen LogP contribution in [-0.4, -0.2) is 16.0 Å².